The van der Waals surface area contributed by atoms with E-state index in [1.807, 2.05) is 35.2 Å². The molecule has 1 N–H and O–H groups in total. The standard InChI is InChI=1S/C22H25N3O4/c1-28-18-8-6-17(7-9-18)16-23-12-14-24(15-13-23)21(26)10-11-25-19-4-2-3-5-20(19)29-22(25)27/h2-9H,10-16H2,1H3/p+1. The zero-order chi connectivity index (χ0) is 20.2. The number of oxazole rings is 1. The zero-order valence-electron chi connectivity index (χ0n) is 16.6. The van der Waals surface area contributed by atoms with Crippen LogP contribution < -0.4 is 15.4 Å². The van der Waals surface area contributed by atoms with Crippen LogP contribution in [0.25, 0.3) is 11.1 Å². The van der Waals surface area contributed by atoms with Gasteiger partial charge in [-0.3, -0.25) is 9.36 Å². The van der Waals surface area contributed by atoms with Gasteiger partial charge in [-0.1, -0.05) is 12.1 Å². The Morgan fingerprint density at radius 3 is 2.55 bits per heavy atom. The Morgan fingerprint density at radius 1 is 1.10 bits per heavy atom. The Hall–Kier alpha value is -3.06. The molecule has 152 valence electrons. The van der Waals surface area contributed by atoms with Crippen LogP contribution in [0.15, 0.2) is 57.7 Å². The van der Waals surface area contributed by atoms with Crippen molar-refractivity contribution < 1.29 is 18.8 Å². The molecule has 4 rings (SSSR count). The van der Waals surface area contributed by atoms with Crippen LogP contribution in [-0.4, -0.2) is 48.7 Å². The maximum Gasteiger partial charge on any atom is 0.419 e. The number of fused-ring (bicyclic) bond motifs is 1. The van der Waals surface area contributed by atoms with E-state index < -0.39 is 5.76 Å². The molecule has 0 bridgehead atoms. The Morgan fingerprint density at radius 2 is 1.83 bits per heavy atom. The molecule has 1 saturated heterocycles. The van der Waals surface area contributed by atoms with Gasteiger partial charge in [0.25, 0.3) is 0 Å². The molecule has 29 heavy (non-hydrogen) atoms. The Kier molecular flexibility index (Phi) is 5.67. The minimum Gasteiger partial charge on any atom is -0.497 e. The summed E-state index contributed by atoms with van der Waals surface area (Å²) in [5.41, 5.74) is 2.56. The summed E-state index contributed by atoms with van der Waals surface area (Å²) in [5, 5.41) is 0. The number of hydrogen-bond donors (Lipinski definition) is 1. The van der Waals surface area contributed by atoms with Crippen LogP contribution in [0.1, 0.15) is 12.0 Å². The van der Waals surface area contributed by atoms with Crippen molar-refractivity contribution in [2.75, 3.05) is 33.3 Å². The van der Waals surface area contributed by atoms with Gasteiger partial charge in [0.05, 0.1) is 38.8 Å². The summed E-state index contributed by atoms with van der Waals surface area (Å²) in [5.74, 6) is 0.544. The largest absolute Gasteiger partial charge is 0.497 e. The van der Waals surface area contributed by atoms with Crippen molar-refractivity contribution in [3.05, 3.63) is 64.6 Å². The predicted molar refractivity (Wildman–Crippen MR) is 109 cm³/mol. The Labute approximate surface area is 169 Å². The fourth-order valence-electron chi connectivity index (χ4n) is 3.87. The topological polar surface area (TPSA) is 69.1 Å². The summed E-state index contributed by atoms with van der Waals surface area (Å²) in [6.45, 7) is 4.62. The predicted octanol–water partition coefficient (Wildman–Crippen LogP) is 0.921. The number of ether oxygens (including phenoxy) is 1. The molecular weight excluding hydrogens is 370 g/mol. The van der Waals surface area contributed by atoms with Gasteiger partial charge in [0.2, 0.25) is 5.91 Å². The smallest absolute Gasteiger partial charge is 0.419 e. The maximum absolute atomic E-state index is 12.6. The number of aryl methyl sites for hydroxylation is 1. The van der Waals surface area contributed by atoms with Crippen molar-refractivity contribution in [1.82, 2.24) is 9.47 Å². The second-order valence-corrected chi connectivity index (χ2v) is 7.39. The minimum absolute atomic E-state index is 0.0886. The van der Waals surface area contributed by atoms with Crippen molar-refractivity contribution in [2.24, 2.45) is 0 Å². The molecule has 0 saturated carbocycles. The Balaban J connectivity index is 1.28. The van der Waals surface area contributed by atoms with E-state index in [4.69, 9.17) is 9.15 Å². The number of rotatable bonds is 6. The number of aromatic nitrogens is 1. The highest BCUT2D eigenvalue weighted by Crippen LogP contribution is 2.13. The minimum atomic E-state index is -0.409. The van der Waals surface area contributed by atoms with Crippen molar-refractivity contribution in [2.45, 2.75) is 19.5 Å². The molecule has 7 nitrogen and oxygen atoms in total. The van der Waals surface area contributed by atoms with Gasteiger partial charge >= 0.3 is 5.76 Å². The van der Waals surface area contributed by atoms with E-state index in [-0.39, 0.29) is 5.91 Å². The number of hydrogen-bond acceptors (Lipinski definition) is 4. The van der Waals surface area contributed by atoms with Crippen molar-refractivity contribution in [1.29, 1.82) is 0 Å². The number of nitrogens with one attached hydrogen (secondary N) is 1. The second-order valence-electron chi connectivity index (χ2n) is 7.39. The molecule has 1 fully saturated rings. The third kappa shape index (κ3) is 4.35. The number of benzene rings is 2. The third-order valence-electron chi connectivity index (χ3n) is 5.56. The van der Waals surface area contributed by atoms with Gasteiger partial charge in [0.1, 0.15) is 12.3 Å². The fraction of sp³-hybridized carbons (Fsp3) is 0.364. The highest BCUT2D eigenvalue weighted by atomic mass is 16.5. The van der Waals surface area contributed by atoms with Gasteiger partial charge in [0, 0.05) is 18.5 Å². The van der Waals surface area contributed by atoms with Gasteiger partial charge < -0.3 is 19.0 Å². The molecule has 7 heteroatoms. The molecule has 0 radical (unpaired) electrons. The summed E-state index contributed by atoms with van der Waals surface area (Å²) in [4.78, 5) is 28.1. The summed E-state index contributed by atoms with van der Waals surface area (Å²) < 4.78 is 12.0. The van der Waals surface area contributed by atoms with Crippen LogP contribution in [0, 0.1) is 0 Å². The van der Waals surface area contributed by atoms with Gasteiger partial charge in [-0.05, 0) is 36.4 Å². The lowest BCUT2D eigenvalue weighted by Gasteiger charge is -2.32. The summed E-state index contributed by atoms with van der Waals surface area (Å²) in [7, 11) is 1.67. The quantitative estimate of drug-likeness (QED) is 0.673. The average Bonchev–Trinajstić information content (AvgIpc) is 3.08. The number of carbonyl (C=O) groups excluding carboxylic acids is 1. The molecule has 2 aromatic carbocycles. The molecule has 0 aliphatic carbocycles. The van der Waals surface area contributed by atoms with Gasteiger partial charge in [0.15, 0.2) is 5.58 Å². The average molecular weight is 396 g/mol. The third-order valence-corrected chi connectivity index (χ3v) is 5.56. The first kappa shape index (κ1) is 19.3. The van der Waals surface area contributed by atoms with Crippen LogP contribution in [0.3, 0.4) is 0 Å². The van der Waals surface area contributed by atoms with E-state index in [1.54, 1.807) is 17.7 Å². The van der Waals surface area contributed by atoms with E-state index in [1.165, 1.54) is 10.5 Å². The second kappa shape index (κ2) is 8.53. The van der Waals surface area contributed by atoms with E-state index in [0.717, 1.165) is 44.0 Å². The molecule has 0 atom stereocenters. The molecule has 3 aromatic rings. The number of carbonyl (C=O) groups is 1. The first-order chi connectivity index (χ1) is 14.1. The summed E-state index contributed by atoms with van der Waals surface area (Å²) >= 11 is 0. The fourth-order valence-corrected chi connectivity index (χ4v) is 3.87. The highest BCUT2D eigenvalue weighted by Gasteiger charge is 2.24. The first-order valence-corrected chi connectivity index (χ1v) is 9.96. The normalized spacial score (nSPS) is 15.0. The van der Waals surface area contributed by atoms with Crippen LogP contribution in [0.2, 0.25) is 0 Å². The van der Waals surface area contributed by atoms with E-state index >= 15 is 0 Å². The molecule has 1 amide bonds. The Bertz CT molecular complexity index is 1030. The molecule has 2 heterocycles. The lowest BCUT2D eigenvalue weighted by atomic mass is 10.2. The molecule has 0 spiro atoms. The van der Waals surface area contributed by atoms with Crippen LogP contribution in [0.5, 0.6) is 5.75 Å². The summed E-state index contributed by atoms with van der Waals surface area (Å²) in [6, 6.07) is 15.4. The van der Waals surface area contributed by atoms with Crippen LogP contribution in [0.4, 0.5) is 0 Å². The van der Waals surface area contributed by atoms with E-state index in [0.29, 0.717) is 18.5 Å². The SMILES string of the molecule is COc1ccc(C[NH+]2CCN(C(=O)CCn3c(=O)oc4ccccc43)CC2)cc1. The van der Waals surface area contributed by atoms with Gasteiger partial charge in [-0.2, -0.15) is 0 Å². The molecule has 1 aromatic heterocycles. The first-order valence-electron chi connectivity index (χ1n) is 9.96. The monoisotopic (exact) mass is 396 g/mol. The van der Waals surface area contributed by atoms with Crippen LogP contribution in [-0.2, 0) is 17.9 Å². The number of quaternary nitrogens is 1. The number of nitrogens with zero attached hydrogens (tertiary/aromatic N) is 2. The van der Waals surface area contributed by atoms with E-state index in [9.17, 15) is 9.59 Å². The zero-order valence-corrected chi connectivity index (χ0v) is 16.6. The van der Waals surface area contributed by atoms with Crippen molar-refractivity contribution in [3.8, 4) is 5.75 Å². The summed E-state index contributed by atoms with van der Waals surface area (Å²) in [6.07, 6.45) is 0.303. The number of para-hydroxylation sites is 2. The molecule has 1 aliphatic heterocycles. The van der Waals surface area contributed by atoms with Crippen molar-refractivity contribution in [3.63, 3.8) is 0 Å². The lowest BCUT2D eigenvalue weighted by Crippen LogP contribution is -3.13. The molecule has 1 aliphatic rings. The lowest BCUT2D eigenvalue weighted by molar-refractivity contribution is -0.917. The van der Waals surface area contributed by atoms with E-state index in [2.05, 4.69) is 12.1 Å². The van der Waals surface area contributed by atoms with Crippen LogP contribution >= 0.6 is 0 Å². The van der Waals surface area contributed by atoms with Gasteiger partial charge in [-0.25, -0.2) is 4.79 Å². The number of amides is 1. The highest BCUT2D eigenvalue weighted by molar-refractivity contribution is 5.77. The molecule has 0 unspecified atom stereocenters. The maximum atomic E-state index is 12.6. The number of methoxy groups -OCH3 is 1. The van der Waals surface area contributed by atoms with Gasteiger partial charge in [-0.15, -0.1) is 0 Å². The van der Waals surface area contributed by atoms with Crippen molar-refractivity contribution >= 4 is 17.0 Å². The molecular formula is C22H26N3O4+. The number of piperazine rings is 1.